The van der Waals surface area contributed by atoms with Crippen LogP contribution in [0.1, 0.15) is 77.2 Å². The summed E-state index contributed by atoms with van der Waals surface area (Å²) in [5.74, 6) is 0.973. The van der Waals surface area contributed by atoms with Crippen molar-refractivity contribution in [2.45, 2.75) is 83.0 Å². The number of fused-ring (bicyclic) bond motifs is 1. The molecule has 4 nitrogen and oxygen atoms in total. The third-order valence-electron chi connectivity index (χ3n) is 5.98. The van der Waals surface area contributed by atoms with Gasteiger partial charge in [0, 0.05) is 28.5 Å². The highest BCUT2D eigenvalue weighted by molar-refractivity contribution is 7.99. The van der Waals surface area contributed by atoms with Crippen LogP contribution < -0.4 is 0 Å². The van der Waals surface area contributed by atoms with Gasteiger partial charge in [0.25, 0.3) is 0 Å². The van der Waals surface area contributed by atoms with Crippen LogP contribution in [0.25, 0.3) is 22.2 Å². The monoisotopic (exact) mass is 511 g/mol. The van der Waals surface area contributed by atoms with E-state index in [0.29, 0.717) is 23.4 Å². The van der Waals surface area contributed by atoms with Crippen LogP contribution in [0.5, 0.6) is 0 Å². The van der Waals surface area contributed by atoms with Crippen LogP contribution in [-0.4, -0.2) is 23.3 Å². The molecule has 0 fully saturated rings. The van der Waals surface area contributed by atoms with Crippen LogP contribution in [0.15, 0.2) is 51.9 Å². The van der Waals surface area contributed by atoms with Crippen LogP contribution >= 0.6 is 24.0 Å². The van der Waals surface area contributed by atoms with Gasteiger partial charge in [-0.3, -0.25) is 4.79 Å². The molecule has 0 aliphatic rings. The van der Waals surface area contributed by atoms with Crippen LogP contribution in [-0.2, 0) is 16.0 Å². The van der Waals surface area contributed by atoms with E-state index in [1.807, 2.05) is 24.9 Å². The van der Waals surface area contributed by atoms with Crippen molar-refractivity contribution in [3.8, 4) is 11.1 Å². The number of aryl methyl sites for hydroxylation is 1. The maximum absolute atomic E-state index is 11.1. The number of nitrogens with zero attached hydrogens (tertiary/aromatic N) is 1. The Morgan fingerprint density at radius 1 is 1.03 bits per heavy atom. The molecule has 0 atom stereocenters. The molecule has 0 bridgehead atoms. The van der Waals surface area contributed by atoms with Crippen molar-refractivity contribution in [3.63, 3.8) is 0 Å². The third kappa shape index (κ3) is 9.08. The molecule has 2 heterocycles. The summed E-state index contributed by atoms with van der Waals surface area (Å²) in [6.07, 6.45) is 12.7. The van der Waals surface area contributed by atoms with E-state index >= 15 is 0 Å². The largest absolute Gasteiger partial charge is 0.466 e. The number of carbonyl (C=O) groups excluding carboxylic acids is 1. The van der Waals surface area contributed by atoms with Crippen molar-refractivity contribution >= 4 is 41.0 Å². The molecule has 0 aliphatic heterocycles. The fraction of sp³-hybridized carbons (Fsp3) is 0.483. The molecule has 0 saturated carbocycles. The van der Waals surface area contributed by atoms with Gasteiger partial charge in [-0.1, -0.05) is 70.2 Å². The molecule has 188 valence electrons. The van der Waals surface area contributed by atoms with Gasteiger partial charge in [-0.15, -0.1) is 11.8 Å². The summed E-state index contributed by atoms with van der Waals surface area (Å²) in [6, 6.07) is 12.9. The maximum Gasteiger partial charge on any atom is 0.305 e. The van der Waals surface area contributed by atoms with E-state index in [9.17, 15) is 4.79 Å². The molecule has 3 rings (SSSR count). The zero-order chi connectivity index (χ0) is 24.9. The van der Waals surface area contributed by atoms with Crippen molar-refractivity contribution in [1.82, 2.24) is 4.98 Å². The van der Waals surface area contributed by atoms with Gasteiger partial charge in [-0.25, -0.2) is 4.98 Å². The van der Waals surface area contributed by atoms with E-state index in [0.717, 1.165) is 46.4 Å². The molecule has 3 aromatic rings. The van der Waals surface area contributed by atoms with Crippen molar-refractivity contribution < 1.29 is 13.9 Å². The fourth-order valence-electron chi connectivity index (χ4n) is 3.94. The number of aromatic nitrogens is 1. The number of hydrogen-bond donors (Lipinski definition) is 0. The highest BCUT2D eigenvalue weighted by Crippen LogP contribution is 2.29. The molecule has 0 N–H and O–H groups in total. The van der Waals surface area contributed by atoms with E-state index in [1.54, 1.807) is 0 Å². The lowest BCUT2D eigenvalue weighted by molar-refractivity contribution is -0.143. The molecular weight excluding hydrogens is 474 g/mol. The summed E-state index contributed by atoms with van der Waals surface area (Å²) in [5.41, 5.74) is 3.99. The van der Waals surface area contributed by atoms with Crippen molar-refractivity contribution in [3.05, 3.63) is 52.9 Å². The molecule has 6 heteroatoms. The molecule has 35 heavy (non-hydrogen) atoms. The molecule has 2 aromatic heterocycles. The second kappa shape index (κ2) is 15.0. The van der Waals surface area contributed by atoms with Gasteiger partial charge in [0.15, 0.2) is 0 Å². The van der Waals surface area contributed by atoms with Crippen LogP contribution in [0.3, 0.4) is 0 Å². The zero-order valence-corrected chi connectivity index (χ0v) is 22.6. The topological polar surface area (TPSA) is 52.3 Å². The molecule has 0 unspecified atom stereocenters. The first kappa shape index (κ1) is 27.4. The number of rotatable bonds is 15. The smallest absolute Gasteiger partial charge is 0.305 e. The number of ether oxygens (including phenoxy) is 1. The quantitative estimate of drug-likeness (QED) is 0.0878. The lowest BCUT2D eigenvalue weighted by Gasteiger charge is -2.08. The van der Waals surface area contributed by atoms with Gasteiger partial charge in [0.1, 0.15) is 0 Å². The molecule has 0 spiro atoms. The van der Waals surface area contributed by atoms with Gasteiger partial charge in [-0.2, -0.15) is 0 Å². The Morgan fingerprint density at radius 2 is 1.83 bits per heavy atom. The van der Waals surface area contributed by atoms with Gasteiger partial charge in [0.2, 0.25) is 10.4 Å². The van der Waals surface area contributed by atoms with Crippen molar-refractivity contribution in [2.24, 2.45) is 0 Å². The number of benzene rings is 1. The minimum atomic E-state index is -0.101. The SMILES string of the molecule is CCCCc1cccc(-c2cc3cc(SCCCCCCCCOC(=O)CC)cnc3oc2=S)c1. The van der Waals surface area contributed by atoms with E-state index < -0.39 is 0 Å². The lowest BCUT2D eigenvalue weighted by Crippen LogP contribution is -2.03. The minimum Gasteiger partial charge on any atom is -0.466 e. The normalized spacial score (nSPS) is 11.1. The number of hydrogen-bond acceptors (Lipinski definition) is 6. The molecule has 0 radical (unpaired) electrons. The molecule has 0 aliphatic carbocycles. The summed E-state index contributed by atoms with van der Waals surface area (Å²) in [6.45, 7) is 4.60. The van der Waals surface area contributed by atoms with Gasteiger partial charge in [0.05, 0.1) is 6.61 Å². The number of unbranched alkanes of at least 4 members (excludes halogenated alkanes) is 6. The Morgan fingerprint density at radius 3 is 2.63 bits per heavy atom. The average molecular weight is 512 g/mol. The van der Waals surface area contributed by atoms with Gasteiger partial charge < -0.3 is 9.15 Å². The first-order valence-corrected chi connectivity index (χ1v) is 14.3. The predicted molar refractivity (Wildman–Crippen MR) is 149 cm³/mol. The number of thioether (sulfide) groups is 1. The van der Waals surface area contributed by atoms with Crippen molar-refractivity contribution in [2.75, 3.05) is 12.4 Å². The van der Waals surface area contributed by atoms with E-state index in [2.05, 4.69) is 48.3 Å². The Hall–Kier alpha value is -2.18. The minimum absolute atomic E-state index is 0.101. The zero-order valence-electron chi connectivity index (χ0n) is 21.0. The van der Waals surface area contributed by atoms with Crippen molar-refractivity contribution in [1.29, 1.82) is 0 Å². The molecule has 1 aromatic carbocycles. The number of esters is 1. The Kier molecular flexibility index (Phi) is 11.8. The summed E-state index contributed by atoms with van der Waals surface area (Å²) in [5, 5.41) is 0.987. The second-order valence-corrected chi connectivity index (χ2v) is 10.4. The van der Waals surface area contributed by atoms with Crippen LogP contribution in [0.4, 0.5) is 0 Å². The lowest BCUT2D eigenvalue weighted by atomic mass is 10.0. The Labute approximate surface area is 218 Å². The maximum atomic E-state index is 11.1. The molecular formula is C29H37NO3S2. The highest BCUT2D eigenvalue weighted by Gasteiger charge is 2.08. The predicted octanol–water partition coefficient (Wildman–Crippen LogP) is 8.95. The average Bonchev–Trinajstić information content (AvgIpc) is 2.88. The highest BCUT2D eigenvalue weighted by atomic mass is 32.2. The summed E-state index contributed by atoms with van der Waals surface area (Å²) < 4.78 is 11.5. The van der Waals surface area contributed by atoms with Gasteiger partial charge in [-0.05, 0) is 66.9 Å². The van der Waals surface area contributed by atoms with E-state index in [-0.39, 0.29) is 5.97 Å². The fourth-order valence-corrected chi connectivity index (χ4v) is 5.12. The van der Waals surface area contributed by atoms with Gasteiger partial charge >= 0.3 is 5.97 Å². The van der Waals surface area contributed by atoms with Crippen LogP contribution in [0.2, 0.25) is 0 Å². The second-order valence-electron chi connectivity index (χ2n) is 8.86. The van der Waals surface area contributed by atoms with E-state index in [1.165, 1.54) is 44.1 Å². The summed E-state index contributed by atoms with van der Waals surface area (Å²) in [7, 11) is 0. The number of pyridine rings is 1. The first-order valence-electron chi connectivity index (χ1n) is 12.9. The third-order valence-corrected chi connectivity index (χ3v) is 7.33. The Balaban J connectivity index is 1.49. The molecule has 0 saturated heterocycles. The Bertz CT molecular complexity index is 1140. The summed E-state index contributed by atoms with van der Waals surface area (Å²) in [4.78, 5) is 16.8. The molecule has 0 amide bonds. The van der Waals surface area contributed by atoms with E-state index in [4.69, 9.17) is 21.4 Å². The standard InChI is InChI=1S/C29H37NO3S2/c1-3-5-13-22-14-12-15-23(18-22)26-20-24-19-25(21-30-28(24)33-29(26)34)35-17-11-9-7-6-8-10-16-32-27(31)4-2/h12,14-15,18-21H,3-11,13,16-17H2,1-2H3. The summed E-state index contributed by atoms with van der Waals surface area (Å²) >= 11 is 7.39. The van der Waals surface area contributed by atoms with Crippen LogP contribution in [0, 0.1) is 4.71 Å². The first-order chi connectivity index (χ1) is 17.1. The number of carbonyl (C=O) groups is 1.